The van der Waals surface area contributed by atoms with Crippen molar-refractivity contribution in [3.05, 3.63) is 30.1 Å². The number of amides is 4. The van der Waals surface area contributed by atoms with E-state index in [4.69, 9.17) is 10.5 Å². The smallest absolute Gasteiger partial charge is 0.271 e. The first kappa shape index (κ1) is 19.3. The third-order valence-corrected chi connectivity index (χ3v) is 3.95. The molecule has 0 aliphatic carbocycles. The van der Waals surface area contributed by atoms with Gasteiger partial charge in [0, 0.05) is 31.4 Å². The molecule has 0 spiro atoms. The standard InChI is InChI=1S/C16H21N5O5/c17-15(24)11-3-6-21(7-4-11)14(23)10-26-9-13(22)19-20-16(25)12-2-1-5-18-8-12/h1-2,5,8,11H,3-4,6-7,9-10H2,(H2,17,24)(H,19,22)(H,20,25). The van der Waals surface area contributed by atoms with E-state index in [-0.39, 0.29) is 30.9 Å². The fourth-order valence-corrected chi connectivity index (χ4v) is 2.47. The number of piperidine rings is 1. The van der Waals surface area contributed by atoms with E-state index in [1.807, 2.05) is 0 Å². The van der Waals surface area contributed by atoms with E-state index < -0.39 is 11.8 Å². The Balaban J connectivity index is 1.61. The zero-order chi connectivity index (χ0) is 18.9. The highest BCUT2D eigenvalue weighted by atomic mass is 16.5. The van der Waals surface area contributed by atoms with E-state index in [0.29, 0.717) is 31.5 Å². The number of likely N-dealkylation sites (tertiary alicyclic amines) is 1. The van der Waals surface area contributed by atoms with Crippen LogP contribution in [-0.4, -0.2) is 59.8 Å². The first-order valence-electron chi connectivity index (χ1n) is 8.11. The van der Waals surface area contributed by atoms with Gasteiger partial charge in [-0.2, -0.15) is 0 Å². The van der Waals surface area contributed by atoms with Gasteiger partial charge >= 0.3 is 0 Å². The Morgan fingerprint density at radius 3 is 2.54 bits per heavy atom. The zero-order valence-corrected chi connectivity index (χ0v) is 14.1. The number of hydrogen-bond acceptors (Lipinski definition) is 6. The summed E-state index contributed by atoms with van der Waals surface area (Å²) in [5, 5.41) is 0. The van der Waals surface area contributed by atoms with Crippen LogP contribution in [0.5, 0.6) is 0 Å². The molecule has 0 saturated carbocycles. The Kier molecular flexibility index (Phi) is 7.03. The van der Waals surface area contributed by atoms with Gasteiger partial charge in [-0.05, 0) is 25.0 Å². The molecule has 2 heterocycles. The lowest BCUT2D eigenvalue weighted by Gasteiger charge is -2.30. The van der Waals surface area contributed by atoms with Crippen molar-refractivity contribution in [2.24, 2.45) is 11.7 Å². The van der Waals surface area contributed by atoms with Gasteiger partial charge in [-0.15, -0.1) is 0 Å². The van der Waals surface area contributed by atoms with Crippen molar-refractivity contribution in [3.8, 4) is 0 Å². The summed E-state index contributed by atoms with van der Waals surface area (Å²) in [7, 11) is 0. The van der Waals surface area contributed by atoms with E-state index >= 15 is 0 Å². The number of pyridine rings is 1. The number of ether oxygens (including phenoxy) is 1. The monoisotopic (exact) mass is 363 g/mol. The largest absolute Gasteiger partial charge is 0.369 e. The van der Waals surface area contributed by atoms with E-state index in [1.54, 1.807) is 17.0 Å². The van der Waals surface area contributed by atoms with Gasteiger partial charge in [-0.25, -0.2) is 0 Å². The summed E-state index contributed by atoms with van der Waals surface area (Å²) in [4.78, 5) is 51.8. The molecule has 1 aromatic heterocycles. The number of nitrogens with two attached hydrogens (primary N) is 1. The van der Waals surface area contributed by atoms with E-state index in [9.17, 15) is 19.2 Å². The molecule has 1 aliphatic rings. The summed E-state index contributed by atoms with van der Waals surface area (Å²) in [5.74, 6) is -1.92. The lowest BCUT2D eigenvalue weighted by molar-refractivity contribution is -0.141. The van der Waals surface area contributed by atoms with Crippen LogP contribution >= 0.6 is 0 Å². The van der Waals surface area contributed by atoms with Crippen LogP contribution in [0.3, 0.4) is 0 Å². The molecule has 4 amide bonds. The molecule has 0 radical (unpaired) electrons. The summed E-state index contributed by atoms with van der Waals surface area (Å²) < 4.78 is 5.06. The molecule has 2 rings (SSSR count). The third kappa shape index (κ3) is 5.81. The van der Waals surface area contributed by atoms with Crippen LogP contribution in [0.15, 0.2) is 24.5 Å². The van der Waals surface area contributed by atoms with E-state index in [2.05, 4.69) is 15.8 Å². The predicted octanol–water partition coefficient (Wildman–Crippen LogP) is -1.42. The van der Waals surface area contributed by atoms with Crippen molar-refractivity contribution in [1.29, 1.82) is 0 Å². The average Bonchev–Trinajstić information content (AvgIpc) is 2.66. The van der Waals surface area contributed by atoms with Gasteiger partial charge in [0.25, 0.3) is 11.8 Å². The summed E-state index contributed by atoms with van der Waals surface area (Å²) in [6.07, 6.45) is 3.94. The molecule has 0 atom stereocenters. The van der Waals surface area contributed by atoms with Crippen LogP contribution in [-0.2, 0) is 19.1 Å². The Morgan fingerprint density at radius 1 is 1.19 bits per heavy atom. The summed E-state index contributed by atoms with van der Waals surface area (Å²) >= 11 is 0. The number of hydrazine groups is 1. The van der Waals surface area contributed by atoms with Crippen molar-refractivity contribution in [1.82, 2.24) is 20.7 Å². The second-order valence-electron chi connectivity index (χ2n) is 5.79. The number of aromatic nitrogens is 1. The molecule has 0 unspecified atom stereocenters. The van der Waals surface area contributed by atoms with Crippen molar-refractivity contribution < 1.29 is 23.9 Å². The first-order valence-corrected chi connectivity index (χ1v) is 8.11. The highest BCUT2D eigenvalue weighted by Crippen LogP contribution is 2.16. The zero-order valence-electron chi connectivity index (χ0n) is 14.1. The van der Waals surface area contributed by atoms with Gasteiger partial charge in [-0.1, -0.05) is 0 Å². The molecule has 1 aromatic rings. The second kappa shape index (κ2) is 9.47. The molecule has 26 heavy (non-hydrogen) atoms. The maximum absolute atomic E-state index is 12.0. The predicted molar refractivity (Wildman–Crippen MR) is 89.2 cm³/mol. The Morgan fingerprint density at radius 2 is 1.92 bits per heavy atom. The number of rotatable bonds is 6. The molecule has 1 saturated heterocycles. The maximum Gasteiger partial charge on any atom is 0.271 e. The SMILES string of the molecule is NC(=O)C1CCN(C(=O)COCC(=O)NNC(=O)c2cccnc2)CC1. The van der Waals surface area contributed by atoms with E-state index in [0.717, 1.165) is 0 Å². The molecule has 1 fully saturated rings. The Bertz CT molecular complexity index is 658. The molecular weight excluding hydrogens is 342 g/mol. The van der Waals surface area contributed by atoms with Crippen LogP contribution in [0.2, 0.25) is 0 Å². The number of nitrogens with zero attached hydrogens (tertiary/aromatic N) is 2. The lowest BCUT2D eigenvalue weighted by atomic mass is 9.96. The quantitative estimate of drug-likeness (QED) is 0.529. The molecular formula is C16H21N5O5. The van der Waals surface area contributed by atoms with Gasteiger partial charge in [0.2, 0.25) is 11.8 Å². The third-order valence-electron chi connectivity index (χ3n) is 3.95. The van der Waals surface area contributed by atoms with Gasteiger partial charge in [0.05, 0.1) is 5.56 Å². The van der Waals surface area contributed by atoms with Crippen molar-refractivity contribution in [3.63, 3.8) is 0 Å². The number of primary amides is 1. The summed E-state index contributed by atoms with van der Waals surface area (Å²) in [5.41, 5.74) is 9.94. The molecule has 10 heteroatoms. The Hall–Kier alpha value is -3.01. The fraction of sp³-hybridized carbons (Fsp3) is 0.438. The Labute approximate surface area is 150 Å². The van der Waals surface area contributed by atoms with Crippen LogP contribution < -0.4 is 16.6 Å². The lowest BCUT2D eigenvalue weighted by Crippen LogP contribution is -2.45. The van der Waals surface area contributed by atoms with Gasteiger partial charge in [0.15, 0.2) is 0 Å². The van der Waals surface area contributed by atoms with Crippen molar-refractivity contribution >= 4 is 23.6 Å². The first-order chi connectivity index (χ1) is 12.5. The molecule has 10 nitrogen and oxygen atoms in total. The molecule has 1 aliphatic heterocycles. The van der Waals surface area contributed by atoms with Gasteiger partial charge in [0.1, 0.15) is 13.2 Å². The fourth-order valence-electron chi connectivity index (χ4n) is 2.47. The minimum Gasteiger partial charge on any atom is -0.369 e. The summed E-state index contributed by atoms with van der Waals surface area (Å²) in [6.45, 7) is 0.231. The molecule has 0 aromatic carbocycles. The van der Waals surface area contributed by atoms with Crippen LogP contribution in [0.25, 0.3) is 0 Å². The second-order valence-corrected chi connectivity index (χ2v) is 5.79. The minimum atomic E-state index is -0.595. The van der Waals surface area contributed by atoms with Gasteiger partial charge < -0.3 is 15.4 Å². The number of carbonyl (C=O) groups is 4. The highest BCUT2D eigenvalue weighted by Gasteiger charge is 2.25. The van der Waals surface area contributed by atoms with Crippen LogP contribution in [0.1, 0.15) is 23.2 Å². The minimum absolute atomic E-state index is 0.200. The number of hydrogen-bond donors (Lipinski definition) is 3. The van der Waals surface area contributed by atoms with Gasteiger partial charge in [-0.3, -0.25) is 35.0 Å². The molecule has 140 valence electrons. The maximum atomic E-state index is 12.0. The van der Waals surface area contributed by atoms with Crippen molar-refractivity contribution in [2.75, 3.05) is 26.3 Å². The average molecular weight is 363 g/mol. The normalized spacial score (nSPS) is 14.5. The van der Waals surface area contributed by atoms with Crippen LogP contribution in [0.4, 0.5) is 0 Å². The topological polar surface area (TPSA) is 144 Å². The van der Waals surface area contributed by atoms with Crippen molar-refractivity contribution in [2.45, 2.75) is 12.8 Å². The summed E-state index contributed by atoms with van der Waals surface area (Å²) in [6, 6.07) is 3.14. The number of carbonyl (C=O) groups excluding carboxylic acids is 4. The van der Waals surface area contributed by atoms with E-state index in [1.165, 1.54) is 12.4 Å². The molecule has 4 N–H and O–H groups in total. The highest BCUT2D eigenvalue weighted by molar-refractivity contribution is 5.95. The number of nitrogens with one attached hydrogen (secondary N) is 2. The van der Waals surface area contributed by atoms with Crippen LogP contribution in [0, 0.1) is 5.92 Å². The molecule has 0 bridgehead atoms.